The summed E-state index contributed by atoms with van der Waals surface area (Å²) in [6.07, 6.45) is 0. The van der Waals surface area contributed by atoms with Gasteiger partial charge in [-0.25, -0.2) is 0 Å². The molecular weight excluding hydrogens is 429 g/mol. The topological polar surface area (TPSA) is 30.5 Å². The van der Waals surface area contributed by atoms with E-state index in [1.165, 1.54) is 5.56 Å². The van der Waals surface area contributed by atoms with E-state index in [0.29, 0.717) is 34.7 Å². The lowest BCUT2D eigenvalue weighted by Crippen LogP contribution is -2.18. The van der Waals surface area contributed by atoms with Crippen molar-refractivity contribution in [2.24, 2.45) is 0 Å². The van der Waals surface area contributed by atoms with Crippen LogP contribution >= 0.6 is 35.6 Å². The minimum absolute atomic E-state index is 0. The van der Waals surface area contributed by atoms with E-state index in [0.717, 1.165) is 11.1 Å². The maximum absolute atomic E-state index is 6.49. The van der Waals surface area contributed by atoms with Crippen molar-refractivity contribution < 1.29 is 9.47 Å². The maximum Gasteiger partial charge on any atom is 0.180 e. The second kappa shape index (κ2) is 11.3. The summed E-state index contributed by atoms with van der Waals surface area (Å²) in [5.74, 6) is 1.12. The Morgan fingerprint density at radius 2 is 1.62 bits per heavy atom. The Morgan fingerprint density at radius 1 is 0.931 bits per heavy atom. The third-order valence-electron chi connectivity index (χ3n) is 4.53. The van der Waals surface area contributed by atoms with Gasteiger partial charge in [0, 0.05) is 23.2 Å². The second-order valence-electron chi connectivity index (χ2n) is 6.50. The van der Waals surface area contributed by atoms with Gasteiger partial charge in [0.05, 0.1) is 12.1 Å². The number of halogens is 3. The van der Waals surface area contributed by atoms with Gasteiger partial charge in [-0.05, 0) is 36.2 Å². The molecule has 6 heteroatoms. The first kappa shape index (κ1) is 23.4. The summed E-state index contributed by atoms with van der Waals surface area (Å²) in [6.45, 7) is 3.12. The number of hydrogen-bond acceptors (Lipinski definition) is 3. The highest BCUT2D eigenvalue weighted by Crippen LogP contribution is 2.37. The minimum atomic E-state index is 0. The first-order valence-corrected chi connectivity index (χ1v) is 9.85. The normalized spacial score (nSPS) is 11.4. The highest BCUT2D eigenvalue weighted by atomic mass is 35.5. The van der Waals surface area contributed by atoms with Crippen LogP contribution in [0.2, 0.25) is 10.0 Å². The molecule has 3 aromatic rings. The summed E-state index contributed by atoms with van der Waals surface area (Å²) in [4.78, 5) is 0. The summed E-state index contributed by atoms with van der Waals surface area (Å²) >= 11 is 12.7. The second-order valence-corrected chi connectivity index (χ2v) is 7.32. The van der Waals surface area contributed by atoms with Crippen molar-refractivity contribution in [1.29, 1.82) is 0 Å². The van der Waals surface area contributed by atoms with Crippen molar-refractivity contribution in [3.05, 3.63) is 93.5 Å². The molecule has 0 aliphatic carbocycles. The van der Waals surface area contributed by atoms with Crippen LogP contribution in [0.25, 0.3) is 0 Å². The Labute approximate surface area is 188 Å². The van der Waals surface area contributed by atoms with Gasteiger partial charge in [-0.3, -0.25) is 0 Å². The van der Waals surface area contributed by atoms with Gasteiger partial charge < -0.3 is 14.8 Å². The van der Waals surface area contributed by atoms with E-state index in [9.17, 15) is 0 Å². The van der Waals surface area contributed by atoms with E-state index < -0.39 is 0 Å². The van der Waals surface area contributed by atoms with Crippen LogP contribution in [0.4, 0.5) is 0 Å². The van der Waals surface area contributed by atoms with Crippen LogP contribution in [0.15, 0.2) is 66.7 Å². The van der Waals surface area contributed by atoms with Crippen LogP contribution in [0.3, 0.4) is 0 Å². The first-order valence-electron chi connectivity index (χ1n) is 9.09. The average molecular weight is 453 g/mol. The fourth-order valence-corrected chi connectivity index (χ4v) is 3.39. The van der Waals surface area contributed by atoms with Crippen LogP contribution in [0.5, 0.6) is 11.5 Å². The molecule has 0 aliphatic rings. The predicted octanol–water partition coefficient (Wildman–Crippen LogP) is 6.85. The molecule has 0 bridgehead atoms. The molecule has 0 fully saturated rings. The van der Waals surface area contributed by atoms with Crippen LogP contribution < -0.4 is 14.8 Å². The molecule has 1 atom stereocenters. The lowest BCUT2D eigenvalue weighted by atomic mass is 10.1. The molecule has 0 amide bonds. The largest absolute Gasteiger partial charge is 0.493 e. The molecule has 3 nitrogen and oxygen atoms in total. The Morgan fingerprint density at radius 3 is 2.31 bits per heavy atom. The third kappa shape index (κ3) is 6.28. The molecular formula is C23H24Cl3NO2. The number of nitrogens with one attached hydrogen (secondary N) is 1. The molecule has 3 aromatic carbocycles. The summed E-state index contributed by atoms with van der Waals surface area (Å²) in [7, 11) is 1.61. The fraction of sp³-hybridized carbons (Fsp3) is 0.217. The zero-order chi connectivity index (χ0) is 19.9. The van der Waals surface area contributed by atoms with Crippen molar-refractivity contribution >= 4 is 35.6 Å². The van der Waals surface area contributed by atoms with Gasteiger partial charge in [0.15, 0.2) is 11.5 Å². The number of rotatable bonds is 8. The molecule has 154 valence electrons. The van der Waals surface area contributed by atoms with E-state index in [1.807, 2.05) is 54.6 Å². The molecule has 0 heterocycles. The van der Waals surface area contributed by atoms with Gasteiger partial charge in [-0.2, -0.15) is 0 Å². The van der Waals surface area contributed by atoms with E-state index in [-0.39, 0.29) is 18.4 Å². The van der Waals surface area contributed by atoms with Gasteiger partial charge in [0.1, 0.15) is 6.61 Å². The van der Waals surface area contributed by atoms with Gasteiger partial charge in [-0.15, -0.1) is 12.4 Å². The molecule has 1 N–H and O–H groups in total. The standard InChI is InChI=1S/C23H23Cl2NO2.ClH/c1-16(18-8-4-3-5-9-18)26-14-17-12-21(25)23(22(13-17)27-2)28-15-19-10-6-7-11-20(19)24;/h3-13,16,26H,14-15H2,1-2H3;1H. The SMILES string of the molecule is COc1cc(CNC(C)c2ccccc2)cc(Cl)c1OCc1ccccc1Cl.Cl. The summed E-state index contributed by atoms with van der Waals surface area (Å²) in [6, 6.07) is 21.9. The van der Waals surface area contributed by atoms with Crippen molar-refractivity contribution in [2.75, 3.05) is 7.11 Å². The lowest BCUT2D eigenvalue weighted by Gasteiger charge is -2.17. The predicted molar refractivity (Wildman–Crippen MR) is 123 cm³/mol. The number of benzene rings is 3. The Bertz CT molecular complexity index is 919. The number of methoxy groups -OCH3 is 1. The smallest absolute Gasteiger partial charge is 0.180 e. The third-order valence-corrected chi connectivity index (χ3v) is 5.18. The highest BCUT2D eigenvalue weighted by Gasteiger charge is 2.14. The molecule has 0 saturated carbocycles. The van der Waals surface area contributed by atoms with E-state index >= 15 is 0 Å². The van der Waals surface area contributed by atoms with Crippen LogP contribution in [-0.4, -0.2) is 7.11 Å². The summed E-state index contributed by atoms with van der Waals surface area (Å²) < 4.78 is 11.4. The summed E-state index contributed by atoms with van der Waals surface area (Å²) in [5, 5.41) is 4.68. The van der Waals surface area contributed by atoms with Crippen LogP contribution in [0.1, 0.15) is 29.7 Å². The van der Waals surface area contributed by atoms with Gasteiger partial charge in [-0.1, -0.05) is 71.7 Å². The molecule has 0 radical (unpaired) electrons. The first-order chi connectivity index (χ1) is 13.6. The highest BCUT2D eigenvalue weighted by molar-refractivity contribution is 6.32. The quantitative estimate of drug-likeness (QED) is 0.405. The molecule has 0 aromatic heterocycles. The van der Waals surface area contributed by atoms with Gasteiger partial charge >= 0.3 is 0 Å². The zero-order valence-electron chi connectivity index (χ0n) is 16.3. The molecule has 0 saturated heterocycles. The molecule has 29 heavy (non-hydrogen) atoms. The van der Waals surface area contributed by atoms with Crippen LogP contribution in [-0.2, 0) is 13.2 Å². The van der Waals surface area contributed by atoms with Crippen LogP contribution in [0, 0.1) is 0 Å². The van der Waals surface area contributed by atoms with Crippen molar-refractivity contribution in [2.45, 2.75) is 26.1 Å². The minimum Gasteiger partial charge on any atom is -0.493 e. The van der Waals surface area contributed by atoms with Crippen molar-refractivity contribution in [1.82, 2.24) is 5.32 Å². The average Bonchev–Trinajstić information content (AvgIpc) is 2.72. The number of hydrogen-bond donors (Lipinski definition) is 1. The van der Waals surface area contributed by atoms with E-state index in [1.54, 1.807) is 7.11 Å². The van der Waals surface area contributed by atoms with Gasteiger partial charge in [0.2, 0.25) is 0 Å². The zero-order valence-corrected chi connectivity index (χ0v) is 18.7. The van der Waals surface area contributed by atoms with Crippen molar-refractivity contribution in [3.8, 4) is 11.5 Å². The molecule has 0 spiro atoms. The number of ether oxygens (including phenoxy) is 2. The lowest BCUT2D eigenvalue weighted by molar-refractivity contribution is 0.284. The Hall–Kier alpha value is -1.91. The summed E-state index contributed by atoms with van der Waals surface area (Å²) in [5.41, 5.74) is 3.15. The van der Waals surface area contributed by atoms with E-state index in [2.05, 4.69) is 24.4 Å². The Kier molecular flexibility index (Phi) is 9.12. The molecule has 3 rings (SSSR count). The Balaban J connectivity index is 0.00000300. The monoisotopic (exact) mass is 451 g/mol. The maximum atomic E-state index is 6.49. The molecule has 1 unspecified atom stereocenters. The van der Waals surface area contributed by atoms with E-state index in [4.69, 9.17) is 32.7 Å². The molecule has 0 aliphatic heterocycles. The van der Waals surface area contributed by atoms with Gasteiger partial charge in [0.25, 0.3) is 0 Å². The van der Waals surface area contributed by atoms with Crippen molar-refractivity contribution in [3.63, 3.8) is 0 Å². The fourth-order valence-electron chi connectivity index (χ4n) is 2.91.